The smallest absolute Gasteiger partial charge is 0.411 e. The predicted octanol–water partition coefficient (Wildman–Crippen LogP) is 4.02. The Bertz CT molecular complexity index is 1230. The van der Waals surface area contributed by atoms with Gasteiger partial charge in [0.1, 0.15) is 12.4 Å². The molecule has 0 fully saturated rings. The van der Waals surface area contributed by atoms with E-state index in [1.807, 2.05) is 48.5 Å². The van der Waals surface area contributed by atoms with E-state index in [0.717, 1.165) is 34.4 Å². The Morgan fingerprint density at radius 2 is 1.63 bits per heavy atom. The number of ether oxygens (including phenoxy) is 2. The molecule has 0 heterocycles. The lowest BCUT2D eigenvalue weighted by Crippen LogP contribution is -2.38. The van der Waals surface area contributed by atoms with E-state index in [-0.39, 0.29) is 30.3 Å². The highest BCUT2D eigenvalue weighted by Crippen LogP contribution is 2.44. The van der Waals surface area contributed by atoms with E-state index < -0.39 is 29.9 Å². The van der Waals surface area contributed by atoms with Crippen LogP contribution in [0.25, 0.3) is 11.1 Å². The van der Waals surface area contributed by atoms with Crippen molar-refractivity contribution >= 4 is 23.7 Å². The van der Waals surface area contributed by atoms with Crippen LogP contribution in [0.2, 0.25) is 0 Å². The number of aliphatic carboxylic acids is 1. The number of hydrogen-bond acceptors (Lipinski definition) is 5. The summed E-state index contributed by atoms with van der Waals surface area (Å²) in [4.78, 5) is 35.8. The molecule has 35 heavy (non-hydrogen) atoms. The minimum atomic E-state index is -1.27. The molecule has 3 aromatic carbocycles. The topological polar surface area (TPSA) is 114 Å². The van der Waals surface area contributed by atoms with Gasteiger partial charge in [-0.15, -0.1) is 0 Å². The van der Waals surface area contributed by atoms with Gasteiger partial charge in [0.2, 0.25) is 0 Å². The number of benzene rings is 3. The van der Waals surface area contributed by atoms with Gasteiger partial charge >= 0.3 is 12.1 Å². The van der Waals surface area contributed by atoms with Gasteiger partial charge in [0.25, 0.3) is 5.91 Å². The number of carbonyl (C=O) groups excluding carboxylic acids is 2. The summed E-state index contributed by atoms with van der Waals surface area (Å²) in [6.07, 6.45) is -2.03. The molecule has 0 saturated carbocycles. The number of carbonyl (C=O) groups is 3. The lowest BCUT2D eigenvalue weighted by molar-refractivity contribution is -0.148. The van der Waals surface area contributed by atoms with E-state index in [1.54, 1.807) is 0 Å². The van der Waals surface area contributed by atoms with Gasteiger partial charge in [0.05, 0.1) is 12.1 Å². The molecule has 1 aliphatic carbocycles. The first-order valence-electron chi connectivity index (χ1n) is 10.8. The third-order valence-corrected chi connectivity index (χ3v) is 5.81. The van der Waals surface area contributed by atoms with Crippen LogP contribution in [0.1, 0.15) is 27.4 Å². The molecule has 1 unspecified atom stereocenters. The highest BCUT2D eigenvalue weighted by molar-refractivity contribution is 5.96. The molecule has 1 aliphatic rings. The highest BCUT2D eigenvalue weighted by Gasteiger charge is 2.29. The molecule has 0 spiro atoms. The Morgan fingerprint density at radius 1 is 1.00 bits per heavy atom. The van der Waals surface area contributed by atoms with Crippen LogP contribution >= 0.6 is 0 Å². The Labute approximate surface area is 200 Å². The maximum Gasteiger partial charge on any atom is 0.411 e. The average molecular weight is 478 g/mol. The Morgan fingerprint density at radius 3 is 2.23 bits per heavy atom. The zero-order valence-electron chi connectivity index (χ0n) is 18.8. The van der Waals surface area contributed by atoms with Crippen molar-refractivity contribution in [2.24, 2.45) is 0 Å². The minimum absolute atomic E-state index is 0.0992. The van der Waals surface area contributed by atoms with Gasteiger partial charge in [-0.05, 0) is 40.5 Å². The Hall–Kier alpha value is -4.24. The lowest BCUT2D eigenvalue weighted by atomic mass is 9.98. The number of fused-ring (bicyclic) bond motifs is 3. The van der Waals surface area contributed by atoms with Crippen molar-refractivity contribution in [2.45, 2.75) is 12.0 Å². The summed E-state index contributed by atoms with van der Waals surface area (Å²) in [5, 5.41) is 13.8. The quantitative estimate of drug-likeness (QED) is 0.451. The number of amides is 2. The molecule has 180 valence electrons. The first-order valence-corrected chi connectivity index (χ1v) is 10.8. The summed E-state index contributed by atoms with van der Waals surface area (Å²) in [6.45, 7) is -0.254. The number of rotatable bonds is 8. The molecule has 0 aromatic heterocycles. The summed E-state index contributed by atoms with van der Waals surface area (Å²) < 4.78 is 24.4. The van der Waals surface area contributed by atoms with E-state index in [1.165, 1.54) is 13.2 Å². The van der Waals surface area contributed by atoms with E-state index in [9.17, 15) is 18.8 Å². The number of hydrogen-bond donors (Lipinski definition) is 3. The third kappa shape index (κ3) is 5.15. The summed E-state index contributed by atoms with van der Waals surface area (Å²) in [6, 6.07) is 19.3. The summed E-state index contributed by atoms with van der Waals surface area (Å²) in [7, 11) is 1.18. The number of carboxylic acid groups (broad SMARTS) is 1. The summed E-state index contributed by atoms with van der Waals surface area (Å²) >= 11 is 0. The van der Waals surface area contributed by atoms with Crippen LogP contribution in [-0.2, 0) is 14.3 Å². The highest BCUT2D eigenvalue weighted by atomic mass is 19.1. The van der Waals surface area contributed by atoms with Gasteiger partial charge in [0.15, 0.2) is 6.10 Å². The molecule has 0 aliphatic heterocycles. The Kier molecular flexibility index (Phi) is 7.07. The molecule has 9 heteroatoms. The van der Waals surface area contributed by atoms with Crippen molar-refractivity contribution in [3.8, 4) is 11.1 Å². The largest absolute Gasteiger partial charge is 0.479 e. The zero-order chi connectivity index (χ0) is 24.9. The zero-order valence-corrected chi connectivity index (χ0v) is 18.8. The standard InChI is InChI=1S/C26H23FN2O6/c1-34-23(25(31)32)13-28-24(30)20-12-15(10-11-22(20)27)29-26(33)35-14-21-18-8-4-2-6-16(18)17-7-3-5-9-19(17)21/h2-12,21,23H,13-14H2,1H3,(H,28,30)(H,29,33)(H,31,32). The number of halogens is 1. The SMILES string of the molecule is COC(CNC(=O)c1cc(NC(=O)OCC2c3ccccc3-c3ccccc32)ccc1F)C(=O)O. The van der Waals surface area contributed by atoms with Gasteiger partial charge < -0.3 is 19.9 Å². The normalized spacial score (nSPS) is 12.9. The monoisotopic (exact) mass is 478 g/mol. The van der Waals surface area contributed by atoms with Gasteiger partial charge in [-0.1, -0.05) is 48.5 Å². The second kappa shape index (κ2) is 10.4. The molecule has 1 atom stereocenters. The van der Waals surface area contributed by atoms with Crippen molar-refractivity contribution in [2.75, 3.05) is 25.6 Å². The number of nitrogens with one attached hydrogen (secondary N) is 2. The van der Waals surface area contributed by atoms with Gasteiger partial charge in [-0.3, -0.25) is 10.1 Å². The van der Waals surface area contributed by atoms with Crippen LogP contribution in [0.4, 0.5) is 14.9 Å². The number of carboxylic acids is 1. The first-order chi connectivity index (χ1) is 16.9. The molecule has 4 rings (SSSR count). The van der Waals surface area contributed by atoms with Gasteiger partial charge in [-0.25, -0.2) is 14.0 Å². The Balaban J connectivity index is 1.40. The van der Waals surface area contributed by atoms with Crippen LogP contribution in [0.3, 0.4) is 0 Å². The van der Waals surface area contributed by atoms with Crippen LogP contribution in [0.5, 0.6) is 0 Å². The van der Waals surface area contributed by atoms with E-state index in [4.69, 9.17) is 14.6 Å². The predicted molar refractivity (Wildman–Crippen MR) is 126 cm³/mol. The molecule has 8 nitrogen and oxygen atoms in total. The minimum Gasteiger partial charge on any atom is -0.479 e. The summed E-state index contributed by atoms with van der Waals surface area (Å²) in [5.74, 6) is -3.06. The molecule has 0 bridgehead atoms. The molecule has 0 saturated heterocycles. The molecular weight excluding hydrogens is 455 g/mol. The van der Waals surface area contributed by atoms with Crippen molar-refractivity contribution in [1.82, 2.24) is 5.32 Å². The van der Waals surface area contributed by atoms with Crippen LogP contribution in [-0.4, -0.2) is 49.4 Å². The fraction of sp³-hybridized carbons (Fsp3) is 0.192. The van der Waals surface area contributed by atoms with Crippen LogP contribution in [0, 0.1) is 5.82 Å². The molecule has 3 aromatic rings. The first kappa shape index (κ1) is 23.9. The van der Waals surface area contributed by atoms with Crippen LogP contribution < -0.4 is 10.6 Å². The molecule has 3 N–H and O–H groups in total. The number of methoxy groups -OCH3 is 1. The molecule has 2 amide bonds. The average Bonchev–Trinajstić information content (AvgIpc) is 3.17. The third-order valence-electron chi connectivity index (χ3n) is 5.81. The second-order valence-electron chi connectivity index (χ2n) is 7.92. The van der Waals surface area contributed by atoms with E-state index >= 15 is 0 Å². The molecule has 0 radical (unpaired) electrons. The second-order valence-corrected chi connectivity index (χ2v) is 7.92. The fourth-order valence-electron chi connectivity index (χ4n) is 4.08. The maximum atomic E-state index is 14.2. The van der Waals surface area contributed by atoms with E-state index in [2.05, 4.69) is 10.6 Å². The van der Waals surface area contributed by atoms with Gasteiger partial charge in [0, 0.05) is 18.7 Å². The summed E-state index contributed by atoms with van der Waals surface area (Å²) in [5.41, 5.74) is 4.13. The van der Waals surface area contributed by atoms with Crippen molar-refractivity contribution in [1.29, 1.82) is 0 Å². The van der Waals surface area contributed by atoms with Gasteiger partial charge in [-0.2, -0.15) is 0 Å². The van der Waals surface area contributed by atoms with Crippen molar-refractivity contribution in [3.05, 3.63) is 89.2 Å². The number of anilines is 1. The van der Waals surface area contributed by atoms with Crippen LogP contribution in [0.15, 0.2) is 66.7 Å². The fourth-order valence-corrected chi connectivity index (χ4v) is 4.08. The maximum absolute atomic E-state index is 14.2. The lowest BCUT2D eigenvalue weighted by Gasteiger charge is -2.15. The molecular formula is C26H23FN2O6. The van der Waals surface area contributed by atoms with Crippen molar-refractivity contribution in [3.63, 3.8) is 0 Å². The van der Waals surface area contributed by atoms with Crippen molar-refractivity contribution < 1.29 is 33.4 Å². The van der Waals surface area contributed by atoms with E-state index in [0.29, 0.717) is 0 Å².